The largest absolute Gasteiger partial charge is 0.293 e. The lowest BCUT2D eigenvalue weighted by Crippen LogP contribution is -2.14. The van der Waals surface area contributed by atoms with Gasteiger partial charge in [0.15, 0.2) is 5.78 Å². The minimum absolute atomic E-state index is 0.0597. The first-order valence-corrected chi connectivity index (χ1v) is 7.69. The lowest BCUT2D eigenvalue weighted by Gasteiger charge is -2.16. The van der Waals surface area contributed by atoms with Crippen molar-refractivity contribution < 1.29 is 4.79 Å². The lowest BCUT2D eigenvalue weighted by molar-refractivity contribution is 0.0956. The molecule has 0 amide bonds. The molecule has 1 unspecified atom stereocenters. The van der Waals surface area contributed by atoms with Crippen LogP contribution >= 0.6 is 15.9 Å². The number of aryl methyl sites for hydroxylation is 2. The standard InChI is InChI=1S/C18H19BrO/c1-4-15(14-8-6-5-7-9-14)18(20)16-10-13(3)17(19)11-12(16)2/h5-11,15H,4H2,1-3H3. The molecule has 0 spiro atoms. The Balaban J connectivity index is 2.42. The zero-order valence-electron chi connectivity index (χ0n) is 12.1. The van der Waals surface area contributed by atoms with Gasteiger partial charge in [-0.3, -0.25) is 4.79 Å². The second-order valence-corrected chi connectivity index (χ2v) is 6.01. The van der Waals surface area contributed by atoms with Gasteiger partial charge in [0.05, 0.1) is 0 Å². The van der Waals surface area contributed by atoms with Crippen molar-refractivity contribution >= 4 is 21.7 Å². The van der Waals surface area contributed by atoms with Crippen molar-refractivity contribution in [2.24, 2.45) is 0 Å². The second-order valence-electron chi connectivity index (χ2n) is 5.15. The van der Waals surface area contributed by atoms with Gasteiger partial charge in [-0.25, -0.2) is 0 Å². The summed E-state index contributed by atoms with van der Waals surface area (Å²) < 4.78 is 1.05. The fourth-order valence-corrected chi connectivity index (χ4v) is 2.95. The maximum Gasteiger partial charge on any atom is 0.170 e. The fraction of sp³-hybridized carbons (Fsp3) is 0.278. The first kappa shape index (κ1) is 15.0. The van der Waals surface area contributed by atoms with Gasteiger partial charge in [0.25, 0.3) is 0 Å². The summed E-state index contributed by atoms with van der Waals surface area (Å²) in [6, 6.07) is 14.1. The van der Waals surface area contributed by atoms with E-state index < -0.39 is 0 Å². The van der Waals surface area contributed by atoms with E-state index in [1.165, 1.54) is 0 Å². The van der Waals surface area contributed by atoms with E-state index >= 15 is 0 Å². The van der Waals surface area contributed by atoms with Crippen LogP contribution in [0.25, 0.3) is 0 Å². The summed E-state index contributed by atoms with van der Waals surface area (Å²) in [6.45, 7) is 6.08. The Hall–Kier alpha value is -1.41. The van der Waals surface area contributed by atoms with Gasteiger partial charge in [0.2, 0.25) is 0 Å². The van der Waals surface area contributed by atoms with Crippen LogP contribution in [0.4, 0.5) is 0 Å². The fourth-order valence-electron chi connectivity index (χ4n) is 2.49. The van der Waals surface area contributed by atoms with Crippen molar-refractivity contribution in [2.75, 3.05) is 0 Å². The van der Waals surface area contributed by atoms with Crippen molar-refractivity contribution in [2.45, 2.75) is 33.1 Å². The van der Waals surface area contributed by atoms with Crippen LogP contribution in [0.15, 0.2) is 46.9 Å². The van der Waals surface area contributed by atoms with E-state index in [4.69, 9.17) is 0 Å². The molecule has 0 aromatic heterocycles. The second kappa shape index (κ2) is 6.36. The first-order valence-electron chi connectivity index (χ1n) is 6.90. The van der Waals surface area contributed by atoms with E-state index in [1.807, 2.05) is 56.3 Å². The van der Waals surface area contributed by atoms with Crippen molar-refractivity contribution in [1.82, 2.24) is 0 Å². The highest BCUT2D eigenvalue weighted by molar-refractivity contribution is 9.10. The number of Topliss-reactive ketones (excluding diaryl/α,β-unsaturated/α-hetero) is 1. The predicted octanol–water partition coefficient (Wildman–Crippen LogP) is 5.44. The van der Waals surface area contributed by atoms with E-state index in [0.717, 1.165) is 33.1 Å². The minimum Gasteiger partial charge on any atom is -0.293 e. The van der Waals surface area contributed by atoms with E-state index in [1.54, 1.807) is 0 Å². The molecular formula is C18H19BrO. The van der Waals surface area contributed by atoms with Gasteiger partial charge < -0.3 is 0 Å². The highest BCUT2D eigenvalue weighted by Gasteiger charge is 2.22. The minimum atomic E-state index is -0.0597. The number of hydrogen-bond acceptors (Lipinski definition) is 1. The van der Waals surface area contributed by atoms with Crippen molar-refractivity contribution in [3.05, 3.63) is 69.2 Å². The molecule has 0 saturated carbocycles. The Labute approximate surface area is 129 Å². The topological polar surface area (TPSA) is 17.1 Å². The summed E-state index contributed by atoms with van der Waals surface area (Å²) in [5.41, 5.74) is 4.06. The van der Waals surface area contributed by atoms with Gasteiger partial charge in [-0.1, -0.05) is 53.2 Å². The number of carbonyl (C=O) groups excluding carboxylic acids is 1. The average molecular weight is 331 g/mol. The molecule has 0 bridgehead atoms. The molecule has 0 aliphatic heterocycles. The van der Waals surface area contributed by atoms with E-state index in [-0.39, 0.29) is 11.7 Å². The van der Waals surface area contributed by atoms with Crippen LogP contribution in [0.2, 0.25) is 0 Å². The molecule has 2 heteroatoms. The molecule has 0 fully saturated rings. The molecule has 0 radical (unpaired) electrons. The van der Waals surface area contributed by atoms with Gasteiger partial charge in [0.1, 0.15) is 0 Å². The smallest absolute Gasteiger partial charge is 0.170 e. The normalized spacial score (nSPS) is 12.2. The van der Waals surface area contributed by atoms with Gasteiger partial charge in [-0.2, -0.15) is 0 Å². The SMILES string of the molecule is CCC(C(=O)c1cc(C)c(Br)cc1C)c1ccccc1. The molecule has 1 atom stereocenters. The third kappa shape index (κ3) is 3.01. The highest BCUT2D eigenvalue weighted by atomic mass is 79.9. The van der Waals surface area contributed by atoms with Crippen LogP contribution in [-0.2, 0) is 0 Å². The van der Waals surface area contributed by atoms with Crippen LogP contribution in [0.1, 0.15) is 46.3 Å². The summed E-state index contributed by atoms with van der Waals surface area (Å²) in [7, 11) is 0. The van der Waals surface area contributed by atoms with Crippen LogP contribution < -0.4 is 0 Å². The number of ketones is 1. The monoisotopic (exact) mass is 330 g/mol. The Morgan fingerprint density at radius 2 is 1.75 bits per heavy atom. The summed E-state index contributed by atoms with van der Waals surface area (Å²) in [4.78, 5) is 12.8. The molecule has 0 aliphatic carbocycles. The van der Waals surface area contributed by atoms with Gasteiger partial charge in [-0.15, -0.1) is 0 Å². The molecule has 0 aliphatic rings. The Bertz CT molecular complexity index is 617. The summed E-state index contributed by atoms with van der Waals surface area (Å²) in [5, 5.41) is 0. The van der Waals surface area contributed by atoms with Crippen LogP contribution in [0, 0.1) is 13.8 Å². The third-order valence-corrected chi connectivity index (χ3v) is 4.55. The van der Waals surface area contributed by atoms with Crippen LogP contribution in [-0.4, -0.2) is 5.78 Å². The molecule has 0 saturated heterocycles. The van der Waals surface area contributed by atoms with Crippen LogP contribution in [0.3, 0.4) is 0 Å². The molecule has 0 N–H and O–H groups in total. The van der Waals surface area contributed by atoms with E-state index in [0.29, 0.717) is 0 Å². The zero-order valence-corrected chi connectivity index (χ0v) is 13.7. The molecule has 104 valence electrons. The molecular weight excluding hydrogens is 312 g/mol. The maximum atomic E-state index is 12.8. The van der Waals surface area contributed by atoms with Crippen molar-refractivity contribution in [3.8, 4) is 0 Å². The number of halogens is 1. The molecule has 2 aromatic rings. The Morgan fingerprint density at radius 1 is 1.10 bits per heavy atom. The molecule has 20 heavy (non-hydrogen) atoms. The van der Waals surface area contributed by atoms with Gasteiger partial charge in [-0.05, 0) is 49.1 Å². The van der Waals surface area contributed by atoms with Gasteiger partial charge in [0, 0.05) is 16.0 Å². The van der Waals surface area contributed by atoms with Gasteiger partial charge >= 0.3 is 0 Å². The number of hydrogen-bond donors (Lipinski definition) is 0. The number of benzene rings is 2. The molecule has 1 nitrogen and oxygen atoms in total. The molecule has 2 aromatic carbocycles. The highest BCUT2D eigenvalue weighted by Crippen LogP contribution is 2.28. The average Bonchev–Trinajstić information content (AvgIpc) is 2.44. The van der Waals surface area contributed by atoms with Crippen molar-refractivity contribution in [3.63, 3.8) is 0 Å². The third-order valence-electron chi connectivity index (χ3n) is 3.70. The quantitative estimate of drug-likeness (QED) is 0.682. The first-order chi connectivity index (χ1) is 9.54. The summed E-state index contributed by atoms with van der Waals surface area (Å²) in [6.07, 6.45) is 0.817. The van der Waals surface area contributed by atoms with Crippen LogP contribution in [0.5, 0.6) is 0 Å². The Kier molecular flexibility index (Phi) is 4.77. The van der Waals surface area contributed by atoms with E-state index in [2.05, 4.69) is 22.9 Å². The summed E-state index contributed by atoms with van der Waals surface area (Å²) >= 11 is 3.52. The predicted molar refractivity (Wildman–Crippen MR) is 87.4 cm³/mol. The molecule has 0 heterocycles. The number of rotatable bonds is 4. The van der Waals surface area contributed by atoms with E-state index in [9.17, 15) is 4.79 Å². The Morgan fingerprint density at radius 3 is 2.35 bits per heavy atom. The summed E-state index contributed by atoms with van der Waals surface area (Å²) in [5.74, 6) is 0.155. The maximum absolute atomic E-state index is 12.8. The number of carbonyl (C=O) groups is 1. The molecule has 2 rings (SSSR count). The zero-order chi connectivity index (χ0) is 14.7. The van der Waals surface area contributed by atoms with Crippen molar-refractivity contribution in [1.29, 1.82) is 0 Å². The lowest BCUT2D eigenvalue weighted by atomic mass is 9.86.